The van der Waals surface area contributed by atoms with Crippen LogP contribution in [0.5, 0.6) is 0 Å². The summed E-state index contributed by atoms with van der Waals surface area (Å²) in [7, 11) is 0. The summed E-state index contributed by atoms with van der Waals surface area (Å²) < 4.78 is 15.7. The maximum atomic E-state index is 13.5. The van der Waals surface area contributed by atoms with Gasteiger partial charge in [-0.2, -0.15) is 0 Å². The largest absolute Gasteiger partial charge is 0.325 e. The van der Waals surface area contributed by atoms with E-state index >= 15 is 0 Å². The Balaban J connectivity index is 2.18. The Morgan fingerprint density at radius 1 is 1.32 bits per heavy atom. The van der Waals surface area contributed by atoms with E-state index in [-0.39, 0.29) is 5.82 Å². The lowest BCUT2D eigenvalue weighted by Gasteiger charge is -2.28. The Kier molecular flexibility index (Phi) is 2.92. The van der Waals surface area contributed by atoms with E-state index in [2.05, 4.69) is 18.4 Å². The van der Waals surface area contributed by atoms with E-state index in [0.717, 1.165) is 35.6 Å². The first-order valence-corrected chi connectivity index (χ1v) is 6.90. The summed E-state index contributed by atoms with van der Waals surface area (Å²) in [6.45, 7) is 6.51. The lowest BCUT2D eigenvalue weighted by Crippen LogP contribution is -2.21. The molecule has 19 heavy (non-hydrogen) atoms. The number of fused-ring (bicyclic) bond motifs is 1. The normalized spacial score (nSPS) is 22.3. The molecule has 0 spiro atoms. The maximum absolute atomic E-state index is 13.5. The van der Waals surface area contributed by atoms with Crippen LogP contribution in [0.25, 0.3) is 11.3 Å². The van der Waals surface area contributed by atoms with Crippen LogP contribution in [-0.2, 0) is 6.42 Å². The number of rotatable bonds is 1. The summed E-state index contributed by atoms with van der Waals surface area (Å²) in [5, 5.41) is 0. The van der Waals surface area contributed by atoms with Gasteiger partial charge < -0.3 is 4.57 Å². The Bertz CT molecular complexity index is 615. The van der Waals surface area contributed by atoms with Crippen molar-refractivity contribution in [3.8, 4) is 11.3 Å². The number of hydrogen-bond donors (Lipinski definition) is 0. The van der Waals surface area contributed by atoms with Crippen LogP contribution in [0.1, 0.15) is 37.8 Å². The minimum Gasteiger partial charge on any atom is -0.325 e. The molecule has 0 bridgehead atoms. The molecule has 1 aromatic heterocycles. The molecule has 0 saturated heterocycles. The molecule has 1 aromatic carbocycles. The van der Waals surface area contributed by atoms with Crippen molar-refractivity contribution in [1.29, 1.82) is 0 Å². The zero-order valence-electron chi connectivity index (χ0n) is 11.7. The van der Waals surface area contributed by atoms with Crippen molar-refractivity contribution in [3.05, 3.63) is 41.6 Å². The first-order chi connectivity index (χ1) is 9.06. The monoisotopic (exact) mass is 258 g/mol. The Hall–Kier alpha value is -1.64. The second kappa shape index (κ2) is 4.48. The molecule has 3 rings (SSSR count). The minimum absolute atomic E-state index is 0.190. The quantitative estimate of drug-likeness (QED) is 0.751. The van der Waals surface area contributed by atoms with Gasteiger partial charge in [-0.25, -0.2) is 9.37 Å². The van der Waals surface area contributed by atoms with Gasteiger partial charge in [0.2, 0.25) is 0 Å². The topological polar surface area (TPSA) is 17.8 Å². The lowest BCUT2D eigenvalue weighted by molar-refractivity contribution is 0.345. The lowest BCUT2D eigenvalue weighted by atomic mass is 9.94. The molecular formula is C16H19FN2. The smallest absolute Gasteiger partial charge is 0.123 e. The first-order valence-electron chi connectivity index (χ1n) is 6.90. The fraction of sp³-hybridized carbons (Fsp3) is 0.438. The molecule has 1 aliphatic heterocycles. The summed E-state index contributed by atoms with van der Waals surface area (Å²) in [5.74, 6) is 1.62. The Labute approximate surface area is 113 Å². The van der Waals surface area contributed by atoms with Crippen LogP contribution in [0.4, 0.5) is 4.39 Å². The van der Waals surface area contributed by atoms with Gasteiger partial charge >= 0.3 is 0 Å². The number of hydrogen-bond acceptors (Lipinski definition) is 1. The number of aryl methyl sites for hydroxylation is 1. The highest BCUT2D eigenvalue weighted by Crippen LogP contribution is 2.35. The van der Waals surface area contributed by atoms with Gasteiger partial charge in [-0.15, -0.1) is 0 Å². The molecule has 2 heterocycles. The predicted octanol–water partition coefficient (Wildman–Crippen LogP) is 4.14. The fourth-order valence-corrected chi connectivity index (χ4v) is 3.29. The van der Waals surface area contributed by atoms with Crippen molar-refractivity contribution >= 4 is 0 Å². The minimum atomic E-state index is -0.190. The number of imidazole rings is 1. The molecule has 0 saturated carbocycles. The zero-order valence-corrected chi connectivity index (χ0v) is 11.7. The van der Waals surface area contributed by atoms with Crippen molar-refractivity contribution in [2.75, 3.05) is 0 Å². The van der Waals surface area contributed by atoms with E-state index < -0.39 is 0 Å². The van der Waals surface area contributed by atoms with Gasteiger partial charge in [0, 0.05) is 18.0 Å². The second-order valence-corrected chi connectivity index (χ2v) is 5.74. The SMILES string of the molecule is Cc1nc2n(c1-c1cccc(F)c1)C(C)CC(C)C2. The summed E-state index contributed by atoms with van der Waals surface area (Å²) in [5.41, 5.74) is 3.01. The highest BCUT2D eigenvalue weighted by atomic mass is 19.1. The van der Waals surface area contributed by atoms with E-state index in [0.29, 0.717) is 12.0 Å². The van der Waals surface area contributed by atoms with Crippen LogP contribution in [0.15, 0.2) is 24.3 Å². The molecule has 0 aliphatic carbocycles. The molecule has 2 atom stereocenters. The third-order valence-corrected chi connectivity index (χ3v) is 3.97. The molecule has 100 valence electrons. The highest BCUT2D eigenvalue weighted by Gasteiger charge is 2.26. The first kappa shape index (κ1) is 12.4. The van der Waals surface area contributed by atoms with Crippen LogP contribution in [0.2, 0.25) is 0 Å². The molecule has 0 fully saturated rings. The molecule has 2 unspecified atom stereocenters. The van der Waals surface area contributed by atoms with Gasteiger partial charge in [-0.3, -0.25) is 0 Å². The Morgan fingerprint density at radius 3 is 2.84 bits per heavy atom. The van der Waals surface area contributed by atoms with Crippen molar-refractivity contribution in [3.63, 3.8) is 0 Å². The second-order valence-electron chi connectivity index (χ2n) is 5.74. The highest BCUT2D eigenvalue weighted by molar-refractivity contribution is 5.63. The van der Waals surface area contributed by atoms with Crippen molar-refractivity contribution in [2.24, 2.45) is 5.92 Å². The molecule has 0 radical (unpaired) electrons. The zero-order chi connectivity index (χ0) is 13.6. The average molecular weight is 258 g/mol. The van der Waals surface area contributed by atoms with Crippen molar-refractivity contribution in [1.82, 2.24) is 9.55 Å². The van der Waals surface area contributed by atoms with Crippen molar-refractivity contribution < 1.29 is 4.39 Å². The van der Waals surface area contributed by atoms with Crippen LogP contribution < -0.4 is 0 Å². The molecule has 2 nitrogen and oxygen atoms in total. The van der Waals surface area contributed by atoms with Gasteiger partial charge in [-0.05, 0) is 38.3 Å². The van der Waals surface area contributed by atoms with Gasteiger partial charge in [0.1, 0.15) is 11.6 Å². The summed E-state index contributed by atoms with van der Waals surface area (Å²) in [6.07, 6.45) is 2.17. The van der Waals surface area contributed by atoms with Crippen LogP contribution in [-0.4, -0.2) is 9.55 Å². The van der Waals surface area contributed by atoms with Gasteiger partial charge in [0.05, 0.1) is 11.4 Å². The van der Waals surface area contributed by atoms with Crippen molar-refractivity contribution in [2.45, 2.75) is 39.7 Å². The van der Waals surface area contributed by atoms with Crippen LogP contribution in [0, 0.1) is 18.7 Å². The van der Waals surface area contributed by atoms with E-state index in [9.17, 15) is 4.39 Å². The van der Waals surface area contributed by atoms with Crippen LogP contribution >= 0.6 is 0 Å². The molecular weight excluding hydrogens is 239 g/mol. The van der Waals surface area contributed by atoms with Crippen LogP contribution in [0.3, 0.4) is 0 Å². The standard InChI is InChI=1S/C16H19FN2/c1-10-7-11(2)19-15(8-10)18-12(3)16(19)13-5-4-6-14(17)9-13/h4-6,9-11H,7-8H2,1-3H3. The van der Waals surface area contributed by atoms with E-state index in [4.69, 9.17) is 4.98 Å². The van der Waals surface area contributed by atoms with Gasteiger partial charge in [0.25, 0.3) is 0 Å². The summed E-state index contributed by atoms with van der Waals surface area (Å²) >= 11 is 0. The van der Waals surface area contributed by atoms with E-state index in [1.54, 1.807) is 12.1 Å². The number of aromatic nitrogens is 2. The van der Waals surface area contributed by atoms with E-state index in [1.165, 1.54) is 6.07 Å². The molecule has 0 amide bonds. The van der Waals surface area contributed by atoms with Gasteiger partial charge in [0.15, 0.2) is 0 Å². The Morgan fingerprint density at radius 2 is 2.11 bits per heavy atom. The fourth-order valence-electron chi connectivity index (χ4n) is 3.29. The summed E-state index contributed by atoms with van der Waals surface area (Å²) in [4.78, 5) is 4.70. The average Bonchev–Trinajstić information content (AvgIpc) is 2.65. The number of benzene rings is 1. The molecule has 2 aromatic rings. The number of halogens is 1. The van der Waals surface area contributed by atoms with Gasteiger partial charge in [-0.1, -0.05) is 19.1 Å². The number of nitrogens with zero attached hydrogens (tertiary/aromatic N) is 2. The predicted molar refractivity (Wildman–Crippen MR) is 74.6 cm³/mol. The molecule has 3 heteroatoms. The third kappa shape index (κ3) is 2.07. The summed E-state index contributed by atoms with van der Waals surface area (Å²) in [6, 6.07) is 7.24. The molecule has 0 N–H and O–H groups in total. The maximum Gasteiger partial charge on any atom is 0.123 e. The third-order valence-electron chi connectivity index (χ3n) is 3.97. The molecule has 1 aliphatic rings. The van der Waals surface area contributed by atoms with E-state index in [1.807, 2.05) is 13.0 Å².